The lowest BCUT2D eigenvalue weighted by Crippen LogP contribution is -2.32. The van der Waals surface area contributed by atoms with Gasteiger partial charge in [0, 0.05) is 51.1 Å². The second-order valence-corrected chi connectivity index (χ2v) is 7.88. The molecule has 1 N–H and O–H groups in total. The van der Waals surface area contributed by atoms with E-state index < -0.39 is 0 Å². The Labute approximate surface area is 182 Å². The summed E-state index contributed by atoms with van der Waals surface area (Å²) in [6.07, 6.45) is 1.09. The van der Waals surface area contributed by atoms with Crippen molar-refractivity contribution in [3.05, 3.63) is 77.1 Å². The summed E-state index contributed by atoms with van der Waals surface area (Å²) in [6, 6.07) is 18.3. The molecule has 0 saturated carbocycles. The van der Waals surface area contributed by atoms with Gasteiger partial charge in [-0.15, -0.1) is 0 Å². The van der Waals surface area contributed by atoms with Crippen molar-refractivity contribution in [3.63, 3.8) is 0 Å². The Bertz CT molecular complexity index is 912. The SMILES string of the molecule is COCCN(CCC(=O)NCc1ccccc1)c1nc(Cc2ccc(C)cc2)ns1. The van der Waals surface area contributed by atoms with Gasteiger partial charge in [-0.25, -0.2) is 4.98 Å². The second-order valence-electron chi connectivity index (χ2n) is 7.15. The van der Waals surface area contributed by atoms with Crippen LogP contribution in [0, 0.1) is 6.92 Å². The van der Waals surface area contributed by atoms with Crippen LogP contribution in [0.15, 0.2) is 54.6 Å². The number of aryl methyl sites for hydroxylation is 1. The lowest BCUT2D eigenvalue weighted by molar-refractivity contribution is -0.121. The average molecular weight is 425 g/mol. The number of anilines is 1. The minimum atomic E-state index is 0.0191. The maximum atomic E-state index is 12.3. The van der Waals surface area contributed by atoms with Crippen molar-refractivity contribution in [2.75, 3.05) is 31.7 Å². The van der Waals surface area contributed by atoms with Gasteiger partial charge in [0.1, 0.15) is 5.82 Å². The number of methoxy groups -OCH3 is 1. The zero-order chi connectivity index (χ0) is 21.2. The van der Waals surface area contributed by atoms with E-state index in [1.807, 2.05) is 30.3 Å². The van der Waals surface area contributed by atoms with E-state index in [9.17, 15) is 4.79 Å². The molecule has 2 aromatic carbocycles. The van der Waals surface area contributed by atoms with Crippen molar-refractivity contribution in [2.24, 2.45) is 0 Å². The van der Waals surface area contributed by atoms with Crippen molar-refractivity contribution in [1.29, 1.82) is 0 Å². The highest BCUT2D eigenvalue weighted by atomic mass is 32.1. The van der Waals surface area contributed by atoms with E-state index in [4.69, 9.17) is 9.72 Å². The van der Waals surface area contributed by atoms with Crippen LogP contribution in [0.4, 0.5) is 5.13 Å². The number of hydrogen-bond donors (Lipinski definition) is 1. The van der Waals surface area contributed by atoms with Crippen LogP contribution in [0.5, 0.6) is 0 Å². The Morgan fingerprint density at radius 3 is 2.57 bits per heavy atom. The van der Waals surface area contributed by atoms with E-state index in [2.05, 4.69) is 45.8 Å². The van der Waals surface area contributed by atoms with Crippen molar-refractivity contribution in [2.45, 2.75) is 26.3 Å². The maximum absolute atomic E-state index is 12.3. The van der Waals surface area contributed by atoms with E-state index in [0.29, 0.717) is 39.1 Å². The van der Waals surface area contributed by atoms with E-state index in [1.54, 1.807) is 7.11 Å². The third-order valence-electron chi connectivity index (χ3n) is 4.72. The minimum Gasteiger partial charge on any atom is -0.383 e. The molecule has 3 aromatic rings. The number of nitrogens with zero attached hydrogens (tertiary/aromatic N) is 3. The molecule has 7 heteroatoms. The molecule has 0 saturated heterocycles. The van der Waals surface area contributed by atoms with Gasteiger partial charge in [0.15, 0.2) is 0 Å². The normalized spacial score (nSPS) is 10.7. The Morgan fingerprint density at radius 1 is 1.07 bits per heavy atom. The molecule has 0 atom stereocenters. The molecule has 30 heavy (non-hydrogen) atoms. The van der Waals surface area contributed by atoms with Crippen LogP contribution in [-0.4, -0.2) is 42.1 Å². The van der Waals surface area contributed by atoms with Gasteiger partial charge in [0.05, 0.1) is 6.61 Å². The third-order valence-corrected chi connectivity index (χ3v) is 5.53. The van der Waals surface area contributed by atoms with Crippen molar-refractivity contribution < 1.29 is 9.53 Å². The lowest BCUT2D eigenvalue weighted by atomic mass is 10.1. The van der Waals surface area contributed by atoms with Gasteiger partial charge in [-0.2, -0.15) is 4.37 Å². The third kappa shape index (κ3) is 6.93. The molecular formula is C23H28N4O2S. The van der Waals surface area contributed by atoms with E-state index in [0.717, 1.165) is 16.5 Å². The van der Waals surface area contributed by atoms with Crippen molar-refractivity contribution in [3.8, 4) is 0 Å². The van der Waals surface area contributed by atoms with Gasteiger partial charge in [0.2, 0.25) is 11.0 Å². The molecule has 0 radical (unpaired) electrons. The molecule has 1 heterocycles. The molecule has 0 unspecified atom stereocenters. The summed E-state index contributed by atoms with van der Waals surface area (Å²) in [7, 11) is 1.67. The fourth-order valence-electron chi connectivity index (χ4n) is 2.96. The van der Waals surface area contributed by atoms with Gasteiger partial charge in [-0.3, -0.25) is 4.79 Å². The van der Waals surface area contributed by atoms with E-state index in [1.165, 1.54) is 22.7 Å². The van der Waals surface area contributed by atoms with Gasteiger partial charge < -0.3 is 15.0 Å². The van der Waals surface area contributed by atoms with Gasteiger partial charge in [0.25, 0.3) is 0 Å². The Morgan fingerprint density at radius 2 is 1.83 bits per heavy atom. The zero-order valence-electron chi connectivity index (χ0n) is 17.5. The first kappa shape index (κ1) is 21.9. The molecule has 1 aromatic heterocycles. The number of hydrogen-bond acceptors (Lipinski definition) is 6. The number of ether oxygens (including phenoxy) is 1. The fourth-order valence-corrected chi connectivity index (χ4v) is 3.70. The highest BCUT2D eigenvalue weighted by molar-refractivity contribution is 7.09. The predicted molar refractivity (Wildman–Crippen MR) is 121 cm³/mol. The molecule has 158 valence electrons. The summed E-state index contributed by atoms with van der Waals surface area (Å²) in [5.41, 5.74) is 3.52. The van der Waals surface area contributed by atoms with E-state index in [-0.39, 0.29) is 5.91 Å². The van der Waals surface area contributed by atoms with Crippen LogP contribution < -0.4 is 10.2 Å². The van der Waals surface area contributed by atoms with Crippen LogP contribution in [0.3, 0.4) is 0 Å². The Balaban J connectivity index is 1.55. The number of benzene rings is 2. The molecule has 1 amide bonds. The largest absolute Gasteiger partial charge is 0.383 e. The summed E-state index contributed by atoms with van der Waals surface area (Å²) in [5.74, 6) is 0.820. The Kier molecular flexibility index (Phi) is 8.35. The molecule has 0 aliphatic heterocycles. The van der Waals surface area contributed by atoms with Crippen molar-refractivity contribution >= 4 is 22.6 Å². The first-order valence-electron chi connectivity index (χ1n) is 10.1. The smallest absolute Gasteiger partial charge is 0.222 e. The molecule has 6 nitrogen and oxygen atoms in total. The standard InChI is InChI=1S/C23H28N4O2S/c1-18-8-10-19(11-9-18)16-21-25-23(30-26-21)27(14-15-29-2)13-12-22(28)24-17-20-6-4-3-5-7-20/h3-11H,12-17H2,1-2H3,(H,24,28). The number of carbonyl (C=O) groups excluding carboxylic acids is 1. The van der Waals surface area contributed by atoms with Crippen LogP contribution >= 0.6 is 11.5 Å². The van der Waals surface area contributed by atoms with Crippen molar-refractivity contribution in [1.82, 2.24) is 14.7 Å². The number of nitrogens with one attached hydrogen (secondary N) is 1. The van der Waals surface area contributed by atoms with Crippen LogP contribution in [0.2, 0.25) is 0 Å². The monoisotopic (exact) mass is 424 g/mol. The summed E-state index contributed by atoms with van der Waals surface area (Å²) in [5, 5.41) is 3.80. The van der Waals surface area contributed by atoms with Gasteiger partial charge in [-0.1, -0.05) is 60.2 Å². The van der Waals surface area contributed by atoms with E-state index >= 15 is 0 Å². The summed E-state index contributed by atoms with van der Waals surface area (Å²) in [6.45, 7) is 4.42. The van der Waals surface area contributed by atoms with Crippen LogP contribution in [-0.2, 0) is 22.5 Å². The minimum absolute atomic E-state index is 0.0191. The number of carbonyl (C=O) groups is 1. The highest BCUT2D eigenvalue weighted by Gasteiger charge is 2.14. The highest BCUT2D eigenvalue weighted by Crippen LogP contribution is 2.19. The fraction of sp³-hybridized carbons (Fsp3) is 0.348. The van der Waals surface area contributed by atoms with Crippen LogP contribution in [0.1, 0.15) is 28.9 Å². The first-order valence-corrected chi connectivity index (χ1v) is 10.8. The second kappa shape index (κ2) is 11.4. The molecule has 0 bridgehead atoms. The summed E-state index contributed by atoms with van der Waals surface area (Å²) in [4.78, 5) is 19.1. The molecule has 0 fully saturated rings. The average Bonchev–Trinajstić information content (AvgIpc) is 3.23. The zero-order valence-corrected chi connectivity index (χ0v) is 18.3. The Hall–Kier alpha value is -2.77. The molecule has 0 aliphatic rings. The lowest BCUT2D eigenvalue weighted by Gasteiger charge is -2.20. The van der Waals surface area contributed by atoms with Gasteiger partial charge >= 0.3 is 0 Å². The molecule has 3 rings (SSSR count). The molecule has 0 spiro atoms. The number of aromatic nitrogens is 2. The first-order chi connectivity index (χ1) is 14.6. The predicted octanol–water partition coefficient (Wildman–Crippen LogP) is 3.60. The topological polar surface area (TPSA) is 67.3 Å². The van der Waals surface area contributed by atoms with Gasteiger partial charge in [-0.05, 0) is 18.1 Å². The molecular weight excluding hydrogens is 396 g/mol. The van der Waals surface area contributed by atoms with Crippen LogP contribution in [0.25, 0.3) is 0 Å². The quantitative estimate of drug-likeness (QED) is 0.509. The summed E-state index contributed by atoms with van der Waals surface area (Å²) >= 11 is 1.37. The molecule has 0 aliphatic carbocycles. The summed E-state index contributed by atoms with van der Waals surface area (Å²) < 4.78 is 9.75. The number of amides is 1. The maximum Gasteiger partial charge on any atom is 0.222 e. The number of rotatable bonds is 11.